The number of nitrogens with one attached hydrogen (secondary N) is 1. The van der Waals surface area contributed by atoms with Crippen molar-refractivity contribution in [3.8, 4) is 0 Å². The first-order valence-electron chi connectivity index (χ1n) is 11.6. The lowest BCUT2D eigenvalue weighted by Crippen LogP contribution is -2.51. The summed E-state index contributed by atoms with van der Waals surface area (Å²) >= 11 is 0. The molecule has 2 aromatic rings. The highest BCUT2D eigenvalue weighted by Crippen LogP contribution is 2.20. The monoisotopic (exact) mass is 506 g/mol. The normalized spacial score (nSPS) is 17.9. The molecule has 192 valence electrons. The minimum Gasteiger partial charge on any atom is -0.444 e. The molecule has 1 aliphatic rings. The van der Waals surface area contributed by atoms with Gasteiger partial charge in [0.25, 0.3) is 0 Å². The highest BCUT2D eigenvalue weighted by molar-refractivity contribution is 7.89. The van der Waals surface area contributed by atoms with Gasteiger partial charge in [-0.15, -0.1) is 0 Å². The Hall–Kier alpha value is -2.73. The summed E-state index contributed by atoms with van der Waals surface area (Å²) in [4.78, 5) is 16.4. The number of aromatic nitrogens is 1. The number of nitrogens with two attached hydrogens (primary N) is 1. The van der Waals surface area contributed by atoms with E-state index in [1.54, 1.807) is 0 Å². The van der Waals surface area contributed by atoms with Crippen molar-refractivity contribution in [2.75, 3.05) is 32.0 Å². The molecule has 2 heterocycles. The highest BCUT2D eigenvalue weighted by atomic mass is 32.2. The van der Waals surface area contributed by atoms with Gasteiger partial charge in [0.2, 0.25) is 10.0 Å². The number of benzene rings is 1. The van der Waals surface area contributed by atoms with Crippen molar-refractivity contribution >= 4 is 21.8 Å². The second-order valence-corrected chi connectivity index (χ2v) is 11.0. The van der Waals surface area contributed by atoms with Crippen LogP contribution in [0.2, 0.25) is 0 Å². The van der Waals surface area contributed by atoms with Crippen LogP contribution in [0.4, 0.5) is 10.5 Å². The first-order valence-corrected chi connectivity index (χ1v) is 13.1. The number of rotatable bonds is 11. The Balaban J connectivity index is 1.80. The summed E-state index contributed by atoms with van der Waals surface area (Å²) < 4.78 is 38.6. The van der Waals surface area contributed by atoms with Crippen molar-refractivity contribution < 1.29 is 27.8 Å². The first kappa shape index (κ1) is 26.9. The smallest absolute Gasteiger partial charge is 0.407 e. The van der Waals surface area contributed by atoms with E-state index in [0.717, 1.165) is 5.56 Å². The highest BCUT2D eigenvalue weighted by Gasteiger charge is 2.32. The van der Waals surface area contributed by atoms with Gasteiger partial charge in [-0.05, 0) is 24.0 Å². The summed E-state index contributed by atoms with van der Waals surface area (Å²) in [5.74, 6) is -0.0149. The molecule has 11 heteroatoms. The van der Waals surface area contributed by atoms with E-state index in [9.17, 15) is 18.3 Å². The Morgan fingerprint density at radius 1 is 1.29 bits per heavy atom. The van der Waals surface area contributed by atoms with Gasteiger partial charge in [0.05, 0.1) is 31.0 Å². The molecule has 10 nitrogen and oxygen atoms in total. The van der Waals surface area contributed by atoms with Gasteiger partial charge in [-0.2, -0.15) is 4.31 Å². The molecule has 3 rings (SSSR count). The molecule has 0 radical (unpaired) electrons. The van der Waals surface area contributed by atoms with Crippen LogP contribution in [0.15, 0.2) is 53.7 Å². The Morgan fingerprint density at radius 2 is 2.03 bits per heavy atom. The molecule has 1 aromatic carbocycles. The second kappa shape index (κ2) is 12.3. The fraction of sp³-hybridized carbons (Fsp3) is 0.500. The molecule has 0 bridgehead atoms. The number of carbonyl (C=O) groups is 1. The van der Waals surface area contributed by atoms with E-state index in [1.807, 2.05) is 44.2 Å². The maximum Gasteiger partial charge on any atom is 0.407 e. The molecular formula is C24H34N4O6S. The summed E-state index contributed by atoms with van der Waals surface area (Å²) in [6.45, 7) is 4.54. The molecule has 1 saturated heterocycles. The molecule has 0 saturated carbocycles. The molecule has 0 spiro atoms. The van der Waals surface area contributed by atoms with Crippen LogP contribution < -0.4 is 11.1 Å². The van der Waals surface area contributed by atoms with Crippen molar-refractivity contribution in [2.24, 2.45) is 5.92 Å². The lowest BCUT2D eigenvalue weighted by Gasteiger charge is -2.30. The average molecular weight is 507 g/mol. The predicted molar refractivity (Wildman–Crippen MR) is 131 cm³/mol. The minimum atomic E-state index is -4.00. The van der Waals surface area contributed by atoms with Crippen LogP contribution >= 0.6 is 0 Å². The van der Waals surface area contributed by atoms with Crippen LogP contribution in [0.25, 0.3) is 0 Å². The summed E-state index contributed by atoms with van der Waals surface area (Å²) in [5.41, 5.74) is 6.84. The molecule has 1 fully saturated rings. The van der Waals surface area contributed by atoms with Gasteiger partial charge in [0.1, 0.15) is 11.0 Å². The number of nitrogens with zero attached hydrogens (tertiary/aromatic N) is 2. The van der Waals surface area contributed by atoms with Crippen LogP contribution in [0.3, 0.4) is 0 Å². The van der Waals surface area contributed by atoms with Gasteiger partial charge in [0, 0.05) is 31.9 Å². The van der Waals surface area contributed by atoms with Crippen LogP contribution in [0.5, 0.6) is 0 Å². The largest absolute Gasteiger partial charge is 0.444 e. The van der Waals surface area contributed by atoms with E-state index in [1.165, 1.54) is 22.8 Å². The van der Waals surface area contributed by atoms with Crippen molar-refractivity contribution in [1.82, 2.24) is 14.6 Å². The molecule has 1 aromatic heterocycles. The molecule has 35 heavy (non-hydrogen) atoms. The lowest BCUT2D eigenvalue weighted by atomic mass is 10.0. The van der Waals surface area contributed by atoms with E-state index < -0.39 is 28.3 Å². The van der Waals surface area contributed by atoms with E-state index >= 15 is 0 Å². The third-order valence-corrected chi connectivity index (χ3v) is 7.36. The van der Waals surface area contributed by atoms with Crippen molar-refractivity contribution in [3.63, 3.8) is 0 Å². The summed E-state index contributed by atoms with van der Waals surface area (Å²) in [6.07, 6.45) is 1.23. The van der Waals surface area contributed by atoms with Crippen molar-refractivity contribution in [3.05, 3.63) is 54.4 Å². The van der Waals surface area contributed by atoms with Gasteiger partial charge in [0.15, 0.2) is 0 Å². The molecular weight excluding hydrogens is 472 g/mol. The van der Waals surface area contributed by atoms with Gasteiger partial charge in [-0.25, -0.2) is 13.2 Å². The summed E-state index contributed by atoms with van der Waals surface area (Å²) in [7, 11) is -4.00. The fourth-order valence-electron chi connectivity index (χ4n) is 3.83. The number of aliphatic hydroxyl groups is 1. The number of hydrogen-bond donors (Lipinski definition) is 3. The third-order valence-electron chi connectivity index (χ3n) is 5.56. The van der Waals surface area contributed by atoms with E-state index in [0.29, 0.717) is 19.6 Å². The van der Waals surface area contributed by atoms with Gasteiger partial charge >= 0.3 is 6.09 Å². The first-order chi connectivity index (χ1) is 16.6. The van der Waals surface area contributed by atoms with Crippen LogP contribution in [0.1, 0.15) is 25.8 Å². The minimum absolute atomic E-state index is 0.0149. The zero-order valence-electron chi connectivity index (χ0n) is 20.0. The molecule has 1 aliphatic heterocycles. The number of pyridine rings is 1. The van der Waals surface area contributed by atoms with E-state index in [4.69, 9.17) is 15.2 Å². The lowest BCUT2D eigenvalue weighted by molar-refractivity contribution is 0.0644. The number of amides is 1. The zero-order chi connectivity index (χ0) is 25.4. The number of sulfonamides is 1. The second-order valence-electron chi connectivity index (χ2n) is 9.07. The fourth-order valence-corrected chi connectivity index (χ4v) is 5.45. The number of anilines is 1. The van der Waals surface area contributed by atoms with Gasteiger partial charge < -0.3 is 25.6 Å². The Bertz CT molecular complexity index is 1060. The molecule has 4 N–H and O–H groups in total. The molecule has 1 amide bonds. The number of ether oxygens (including phenoxy) is 2. The number of hydrogen-bond acceptors (Lipinski definition) is 8. The topological polar surface area (TPSA) is 144 Å². The quantitative estimate of drug-likeness (QED) is 0.418. The standard InChI is InChI=1S/C24H34N4O6S/c1-17(2)14-28(35(31,32)21-11-19(25)12-26-13-21)15-23(29)22(10-18-6-4-3-5-7-18)27-24(30)34-20-8-9-33-16-20/h3-7,11-13,17,20,22-23,29H,8-10,14-16,25H2,1-2H3,(H,27,30)/t20-,22-,23+/m0/s1. The summed E-state index contributed by atoms with van der Waals surface area (Å²) in [5, 5.41) is 13.9. The maximum absolute atomic E-state index is 13.4. The Labute approximate surface area is 206 Å². The van der Waals surface area contributed by atoms with Crippen molar-refractivity contribution in [1.29, 1.82) is 0 Å². The van der Waals surface area contributed by atoms with E-state index in [2.05, 4.69) is 10.3 Å². The van der Waals surface area contributed by atoms with E-state index in [-0.39, 0.29) is 42.1 Å². The van der Waals surface area contributed by atoms with Gasteiger partial charge in [-0.3, -0.25) is 4.98 Å². The van der Waals surface area contributed by atoms with Crippen LogP contribution in [-0.2, 0) is 25.9 Å². The zero-order valence-corrected chi connectivity index (χ0v) is 20.9. The molecule has 0 aliphatic carbocycles. The average Bonchev–Trinajstić information content (AvgIpc) is 3.31. The number of aliphatic hydroxyl groups excluding tert-OH is 1. The Kier molecular flexibility index (Phi) is 9.44. The van der Waals surface area contributed by atoms with Gasteiger partial charge in [-0.1, -0.05) is 44.2 Å². The number of nitrogen functional groups attached to an aromatic ring is 1. The SMILES string of the molecule is CC(C)CN(C[C@@H](O)[C@H](Cc1ccccc1)NC(=O)O[C@H]1CCOC1)S(=O)(=O)c1cncc(N)c1. The number of carbonyl (C=O) groups excluding carboxylic acids is 1. The maximum atomic E-state index is 13.4. The molecule has 3 atom stereocenters. The van der Waals surface area contributed by atoms with Crippen LogP contribution in [0, 0.1) is 5.92 Å². The number of alkyl carbamates (subject to hydrolysis) is 1. The third kappa shape index (κ3) is 7.89. The van der Waals surface area contributed by atoms with Crippen molar-refractivity contribution in [2.45, 2.75) is 49.8 Å². The molecule has 0 unspecified atom stereocenters. The van der Waals surface area contributed by atoms with Crippen LogP contribution in [-0.4, -0.2) is 73.5 Å². The Morgan fingerprint density at radius 3 is 2.66 bits per heavy atom. The summed E-state index contributed by atoms with van der Waals surface area (Å²) in [6, 6.07) is 9.87. The predicted octanol–water partition coefficient (Wildman–Crippen LogP) is 1.80.